The zero-order valence-electron chi connectivity index (χ0n) is 11.6. The first kappa shape index (κ1) is 11.1. The lowest BCUT2D eigenvalue weighted by molar-refractivity contribution is 0.0771. The minimum Gasteiger partial charge on any atom is -0.300 e. The quantitative estimate of drug-likeness (QED) is 0.779. The van der Waals surface area contributed by atoms with Gasteiger partial charge in [-0.2, -0.15) is 0 Å². The van der Waals surface area contributed by atoms with Crippen molar-refractivity contribution in [2.75, 3.05) is 13.1 Å². The van der Waals surface area contributed by atoms with Gasteiger partial charge in [0.1, 0.15) is 5.84 Å². The molecule has 5 rings (SSSR count). The fourth-order valence-corrected chi connectivity index (χ4v) is 4.80. The SMILES string of the molecule is N=C1C[C@H]2CCCN3CCc4c(n1c1ccccc41)[C@@H]23. The predicted molar refractivity (Wildman–Crippen MR) is 80.4 cm³/mol. The minimum absolute atomic E-state index is 0.578. The Morgan fingerprint density at radius 3 is 3.00 bits per heavy atom. The molecule has 1 fully saturated rings. The van der Waals surface area contributed by atoms with E-state index in [2.05, 4.69) is 33.7 Å². The van der Waals surface area contributed by atoms with E-state index in [9.17, 15) is 0 Å². The largest absolute Gasteiger partial charge is 0.300 e. The summed E-state index contributed by atoms with van der Waals surface area (Å²) in [5.41, 5.74) is 4.24. The highest BCUT2D eigenvalue weighted by atomic mass is 15.2. The zero-order valence-corrected chi connectivity index (χ0v) is 11.6. The highest BCUT2D eigenvalue weighted by Gasteiger charge is 2.43. The standard InChI is InChI=1S/C17H19N3/c18-15-10-11-4-3-8-19-9-7-13-12-5-1-2-6-14(12)20(15)17(13)16(11)19/h1-2,5-6,11,16,18H,3-4,7-10H2/t11-,16-/m1/s1. The maximum absolute atomic E-state index is 8.52. The topological polar surface area (TPSA) is 32.0 Å². The Bertz CT molecular complexity index is 727. The fraction of sp³-hybridized carbons (Fsp3) is 0.471. The normalized spacial score (nSPS) is 28.7. The van der Waals surface area contributed by atoms with Crippen molar-refractivity contribution in [2.45, 2.75) is 31.7 Å². The second-order valence-corrected chi connectivity index (χ2v) is 6.50. The second-order valence-electron chi connectivity index (χ2n) is 6.50. The van der Waals surface area contributed by atoms with Gasteiger partial charge in [0.2, 0.25) is 0 Å². The molecule has 4 heterocycles. The van der Waals surface area contributed by atoms with Crippen LogP contribution in [0.5, 0.6) is 0 Å². The molecule has 0 bridgehead atoms. The van der Waals surface area contributed by atoms with Crippen LogP contribution in [0.25, 0.3) is 10.9 Å². The van der Waals surface area contributed by atoms with E-state index in [-0.39, 0.29) is 0 Å². The van der Waals surface area contributed by atoms with Crippen LogP contribution in [0.4, 0.5) is 0 Å². The summed E-state index contributed by atoms with van der Waals surface area (Å²) in [5.74, 6) is 1.49. The summed E-state index contributed by atoms with van der Waals surface area (Å²) in [4.78, 5) is 2.68. The molecule has 1 aromatic carbocycles. The molecular formula is C17H19N3. The van der Waals surface area contributed by atoms with Crippen molar-refractivity contribution in [3.8, 4) is 0 Å². The fourth-order valence-electron chi connectivity index (χ4n) is 4.80. The lowest BCUT2D eigenvalue weighted by Crippen LogP contribution is -2.47. The molecule has 20 heavy (non-hydrogen) atoms. The van der Waals surface area contributed by atoms with Crippen LogP contribution in [-0.2, 0) is 6.42 Å². The molecule has 102 valence electrons. The Kier molecular flexibility index (Phi) is 2.07. The first-order valence-corrected chi connectivity index (χ1v) is 7.78. The lowest BCUT2D eigenvalue weighted by Gasteiger charge is -2.47. The van der Waals surface area contributed by atoms with Gasteiger partial charge in [0.15, 0.2) is 0 Å². The number of nitrogens with zero attached hydrogens (tertiary/aromatic N) is 2. The molecule has 0 amide bonds. The maximum Gasteiger partial charge on any atom is 0.105 e. The van der Waals surface area contributed by atoms with Crippen molar-refractivity contribution in [1.82, 2.24) is 9.47 Å². The second kappa shape index (κ2) is 3.73. The zero-order chi connectivity index (χ0) is 13.3. The maximum atomic E-state index is 8.52. The van der Waals surface area contributed by atoms with Gasteiger partial charge in [-0.1, -0.05) is 18.2 Å². The van der Waals surface area contributed by atoms with Crippen molar-refractivity contribution < 1.29 is 0 Å². The average Bonchev–Trinajstić information content (AvgIpc) is 2.82. The van der Waals surface area contributed by atoms with E-state index in [0.29, 0.717) is 12.0 Å². The van der Waals surface area contributed by atoms with Crippen LogP contribution in [0.3, 0.4) is 0 Å². The molecular weight excluding hydrogens is 246 g/mol. The highest BCUT2D eigenvalue weighted by molar-refractivity contribution is 5.98. The summed E-state index contributed by atoms with van der Waals surface area (Å²) in [7, 11) is 0. The molecule has 3 heteroatoms. The van der Waals surface area contributed by atoms with Gasteiger partial charge in [-0.15, -0.1) is 0 Å². The summed E-state index contributed by atoms with van der Waals surface area (Å²) >= 11 is 0. The van der Waals surface area contributed by atoms with E-state index in [1.165, 1.54) is 48.1 Å². The highest BCUT2D eigenvalue weighted by Crippen LogP contribution is 2.48. The molecule has 3 aliphatic heterocycles. The van der Waals surface area contributed by atoms with Gasteiger partial charge >= 0.3 is 0 Å². The van der Waals surface area contributed by atoms with Crippen LogP contribution in [0.15, 0.2) is 24.3 Å². The van der Waals surface area contributed by atoms with Gasteiger partial charge in [0.25, 0.3) is 0 Å². The molecule has 3 aliphatic rings. The molecule has 2 atom stereocenters. The van der Waals surface area contributed by atoms with E-state index < -0.39 is 0 Å². The van der Waals surface area contributed by atoms with Crippen LogP contribution < -0.4 is 0 Å². The average molecular weight is 265 g/mol. The van der Waals surface area contributed by atoms with Gasteiger partial charge in [0.05, 0.1) is 11.6 Å². The van der Waals surface area contributed by atoms with E-state index in [1.807, 2.05) is 0 Å². The van der Waals surface area contributed by atoms with Gasteiger partial charge in [0, 0.05) is 24.0 Å². The third kappa shape index (κ3) is 1.22. The first-order valence-electron chi connectivity index (χ1n) is 7.78. The number of nitrogens with one attached hydrogen (secondary N) is 1. The van der Waals surface area contributed by atoms with E-state index >= 15 is 0 Å². The van der Waals surface area contributed by atoms with Gasteiger partial charge in [-0.05, 0) is 43.4 Å². The Morgan fingerprint density at radius 2 is 2.05 bits per heavy atom. The number of hydrogen-bond donors (Lipinski definition) is 1. The number of hydrogen-bond acceptors (Lipinski definition) is 2. The summed E-state index contributed by atoms with van der Waals surface area (Å²) < 4.78 is 2.27. The van der Waals surface area contributed by atoms with Crippen molar-refractivity contribution in [3.63, 3.8) is 0 Å². The molecule has 1 N–H and O–H groups in total. The smallest absolute Gasteiger partial charge is 0.105 e. The van der Waals surface area contributed by atoms with Crippen molar-refractivity contribution in [1.29, 1.82) is 5.41 Å². The van der Waals surface area contributed by atoms with Crippen LogP contribution in [-0.4, -0.2) is 28.4 Å². The molecule has 0 saturated carbocycles. The predicted octanol–water partition coefficient (Wildman–Crippen LogP) is 3.18. The summed E-state index contributed by atoms with van der Waals surface area (Å²) in [6, 6.07) is 9.26. The molecule has 2 aromatic rings. The molecule has 0 spiro atoms. The van der Waals surface area contributed by atoms with Crippen molar-refractivity contribution in [3.05, 3.63) is 35.5 Å². The van der Waals surface area contributed by atoms with Gasteiger partial charge in [-0.25, -0.2) is 0 Å². The lowest BCUT2D eigenvalue weighted by atomic mass is 9.78. The molecule has 0 radical (unpaired) electrons. The summed E-state index contributed by atoms with van der Waals surface area (Å²) in [5, 5.41) is 9.91. The van der Waals surface area contributed by atoms with Gasteiger partial charge < -0.3 is 4.57 Å². The monoisotopic (exact) mass is 265 g/mol. The van der Waals surface area contributed by atoms with Crippen LogP contribution in [0.2, 0.25) is 0 Å². The first-order chi connectivity index (χ1) is 9.84. The van der Waals surface area contributed by atoms with E-state index in [4.69, 9.17) is 5.41 Å². The number of benzene rings is 1. The van der Waals surface area contributed by atoms with E-state index in [1.54, 1.807) is 0 Å². The summed E-state index contributed by atoms with van der Waals surface area (Å²) in [6.45, 7) is 2.45. The molecule has 0 aliphatic carbocycles. The Morgan fingerprint density at radius 1 is 1.15 bits per heavy atom. The third-order valence-corrected chi connectivity index (χ3v) is 5.53. The number of rotatable bonds is 0. The molecule has 3 nitrogen and oxygen atoms in total. The van der Waals surface area contributed by atoms with Gasteiger partial charge in [-0.3, -0.25) is 10.3 Å². The Hall–Kier alpha value is -1.61. The Labute approximate surface area is 118 Å². The number of para-hydroxylation sites is 1. The summed E-state index contributed by atoms with van der Waals surface area (Å²) in [6.07, 6.45) is 4.71. The number of fused-ring (bicyclic) bond motifs is 3. The van der Waals surface area contributed by atoms with Crippen LogP contribution in [0, 0.1) is 11.3 Å². The molecule has 1 aromatic heterocycles. The van der Waals surface area contributed by atoms with Crippen LogP contribution in [0.1, 0.15) is 36.6 Å². The van der Waals surface area contributed by atoms with Crippen molar-refractivity contribution in [2.24, 2.45) is 5.92 Å². The van der Waals surface area contributed by atoms with Crippen molar-refractivity contribution >= 4 is 16.7 Å². The number of piperidine rings is 1. The molecule has 0 unspecified atom stereocenters. The third-order valence-electron chi connectivity index (χ3n) is 5.53. The number of aromatic nitrogens is 1. The molecule has 1 saturated heterocycles. The Balaban J connectivity index is 1.88. The van der Waals surface area contributed by atoms with Crippen LogP contribution >= 0.6 is 0 Å². The minimum atomic E-state index is 0.578. The van der Waals surface area contributed by atoms with E-state index in [0.717, 1.165) is 18.7 Å².